The van der Waals surface area contributed by atoms with E-state index in [-0.39, 0.29) is 0 Å². The van der Waals surface area contributed by atoms with Gasteiger partial charge in [0.15, 0.2) is 11.0 Å². The highest BCUT2D eigenvalue weighted by Gasteiger charge is 2.19. The second kappa shape index (κ2) is 8.14. The maximum absolute atomic E-state index is 6.23. The van der Waals surface area contributed by atoms with Gasteiger partial charge >= 0.3 is 0 Å². The van der Waals surface area contributed by atoms with E-state index >= 15 is 0 Å². The molecule has 0 unspecified atom stereocenters. The van der Waals surface area contributed by atoms with Crippen LogP contribution < -0.4 is 4.74 Å². The number of halogens is 2. The van der Waals surface area contributed by atoms with Gasteiger partial charge in [-0.15, -0.1) is 10.2 Å². The van der Waals surface area contributed by atoms with Crippen LogP contribution in [0.4, 0.5) is 0 Å². The van der Waals surface area contributed by atoms with Crippen molar-refractivity contribution in [2.45, 2.75) is 10.3 Å². The lowest BCUT2D eigenvalue weighted by Gasteiger charge is -2.11. The molecule has 0 fully saturated rings. The minimum Gasteiger partial charge on any atom is -0.481 e. The van der Waals surface area contributed by atoms with Gasteiger partial charge in [0.05, 0.1) is 22.8 Å². The zero-order valence-corrected chi connectivity index (χ0v) is 16.8. The van der Waals surface area contributed by atoms with Gasteiger partial charge in [0.1, 0.15) is 0 Å². The number of rotatable bonds is 5. The average Bonchev–Trinajstić information content (AvgIpc) is 3.14. The second-order valence-corrected chi connectivity index (χ2v) is 7.21. The predicted molar refractivity (Wildman–Crippen MR) is 107 cm³/mol. The van der Waals surface area contributed by atoms with Crippen LogP contribution >= 0.6 is 35.0 Å². The summed E-state index contributed by atoms with van der Waals surface area (Å²) < 4.78 is 7.02. The molecule has 0 bridgehead atoms. The van der Waals surface area contributed by atoms with Crippen LogP contribution in [0.5, 0.6) is 5.88 Å². The van der Waals surface area contributed by atoms with Crippen molar-refractivity contribution in [3.8, 4) is 23.0 Å². The molecule has 0 aliphatic heterocycles. The summed E-state index contributed by atoms with van der Waals surface area (Å²) in [6, 6.07) is 10.7. The Bertz CT molecular complexity index is 1120. The number of aromatic nitrogens is 6. The summed E-state index contributed by atoms with van der Waals surface area (Å²) in [4.78, 5) is 12.8. The molecule has 3 heterocycles. The van der Waals surface area contributed by atoms with Gasteiger partial charge in [-0.2, -0.15) is 4.98 Å². The van der Waals surface area contributed by atoms with Crippen LogP contribution in [0.25, 0.3) is 17.1 Å². The van der Waals surface area contributed by atoms with Crippen molar-refractivity contribution in [2.75, 3.05) is 7.11 Å². The van der Waals surface area contributed by atoms with Crippen molar-refractivity contribution >= 4 is 35.0 Å². The molecule has 0 atom stereocenters. The molecule has 7 nitrogen and oxygen atoms in total. The quantitative estimate of drug-likeness (QED) is 0.428. The highest BCUT2D eigenvalue weighted by atomic mass is 35.5. The summed E-state index contributed by atoms with van der Waals surface area (Å²) in [6.45, 7) is 0. The monoisotopic (exact) mass is 430 g/mol. The summed E-state index contributed by atoms with van der Waals surface area (Å²) in [5.74, 6) is 1.07. The minimum atomic E-state index is 0.429. The van der Waals surface area contributed by atoms with E-state index in [2.05, 4.69) is 25.1 Å². The molecule has 0 saturated heterocycles. The third-order valence-electron chi connectivity index (χ3n) is 3.71. The Hall–Kier alpha value is -2.68. The number of hydrogen-bond acceptors (Lipinski definition) is 7. The highest BCUT2D eigenvalue weighted by Crippen LogP contribution is 2.33. The molecule has 4 aromatic rings. The van der Waals surface area contributed by atoms with Crippen LogP contribution in [-0.2, 0) is 0 Å². The van der Waals surface area contributed by atoms with Crippen molar-refractivity contribution in [1.29, 1.82) is 0 Å². The third kappa shape index (κ3) is 3.80. The van der Waals surface area contributed by atoms with E-state index < -0.39 is 0 Å². The molecular formula is C18H12Cl2N6OS. The van der Waals surface area contributed by atoms with E-state index in [1.807, 2.05) is 22.8 Å². The van der Waals surface area contributed by atoms with Crippen molar-refractivity contribution in [2.24, 2.45) is 0 Å². The lowest BCUT2D eigenvalue weighted by Crippen LogP contribution is -2.01. The van der Waals surface area contributed by atoms with Crippen molar-refractivity contribution in [3.05, 3.63) is 65.0 Å². The lowest BCUT2D eigenvalue weighted by molar-refractivity contribution is 0.392. The zero-order valence-electron chi connectivity index (χ0n) is 14.5. The second-order valence-electron chi connectivity index (χ2n) is 5.47. The van der Waals surface area contributed by atoms with E-state index in [1.165, 1.54) is 11.8 Å². The summed E-state index contributed by atoms with van der Waals surface area (Å²) in [5, 5.41) is 10.6. The molecule has 3 aromatic heterocycles. The Labute approximate surface area is 174 Å². The molecule has 0 N–H and O–H groups in total. The lowest BCUT2D eigenvalue weighted by atomic mass is 10.2. The topological polar surface area (TPSA) is 78.6 Å². The summed E-state index contributed by atoms with van der Waals surface area (Å²) >= 11 is 13.6. The van der Waals surface area contributed by atoms with Crippen LogP contribution in [-0.4, -0.2) is 36.8 Å². The van der Waals surface area contributed by atoms with Gasteiger partial charge in [-0.25, -0.2) is 4.98 Å². The summed E-state index contributed by atoms with van der Waals surface area (Å²) in [5.41, 5.74) is 1.56. The van der Waals surface area contributed by atoms with Crippen LogP contribution in [0.3, 0.4) is 0 Å². The van der Waals surface area contributed by atoms with Gasteiger partial charge < -0.3 is 4.74 Å². The molecule has 0 amide bonds. The maximum atomic E-state index is 6.23. The Morgan fingerprint density at radius 1 is 1.04 bits per heavy atom. The molecule has 0 saturated carbocycles. The van der Waals surface area contributed by atoms with Crippen LogP contribution in [0, 0.1) is 0 Å². The normalized spacial score (nSPS) is 10.8. The molecule has 140 valence electrons. The van der Waals surface area contributed by atoms with Gasteiger partial charge in [-0.05, 0) is 42.1 Å². The molecule has 4 rings (SSSR count). The van der Waals surface area contributed by atoms with Crippen LogP contribution in [0.15, 0.2) is 65.3 Å². The summed E-state index contributed by atoms with van der Waals surface area (Å²) in [7, 11) is 1.55. The largest absolute Gasteiger partial charge is 0.481 e. The van der Waals surface area contributed by atoms with Gasteiger partial charge in [0.2, 0.25) is 11.0 Å². The van der Waals surface area contributed by atoms with E-state index in [1.54, 1.807) is 43.9 Å². The molecule has 28 heavy (non-hydrogen) atoms. The molecule has 1 aromatic carbocycles. The highest BCUT2D eigenvalue weighted by molar-refractivity contribution is 7.99. The Kier molecular flexibility index (Phi) is 5.43. The van der Waals surface area contributed by atoms with Gasteiger partial charge in [-0.1, -0.05) is 23.2 Å². The fraction of sp³-hybridized carbons (Fsp3) is 0.0556. The first kappa shape index (κ1) is 18.7. The molecule has 0 radical (unpaired) electrons. The standard InChI is InChI=1S/C18H12Cl2N6OS/c1-27-15-6-8-22-17(23-15)28-18-25-24-16(11-3-2-7-21-10-11)26(18)12-4-5-13(19)14(20)9-12/h2-10H,1H3. The third-order valence-corrected chi connectivity index (χ3v) is 5.28. The average molecular weight is 431 g/mol. The molecule has 0 aliphatic carbocycles. The van der Waals surface area contributed by atoms with E-state index in [0.717, 1.165) is 11.3 Å². The number of benzene rings is 1. The van der Waals surface area contributed by atoms with Gasteiger partial charge in [0.25, 0.3) is 0 Å². The first-order valence-corrected chi connectivity index (χ1v) is 9.59. The molecule has 10 heteroatoms. The first-order valence-electron chi connectivity index (χ1n) is 8.02. The maximum Gasteiger partial charge on any atom is 0.217 e. The number of pyridine rings is 1. The predicted octanol–water partition coefficient (Wildman–Crippen LogP) is 4.59. The number of nitrogens with zero attached hydrogens (tertiary/aromatic N) is 6. The van der Waals surface area contributed by atoms with E-state index in [0.29, 0.717) is 32.1 Å². The summed E-state index contributed by atoms with van der Waals surface area (Å²) in [6.07, 6.45) is 5.04. The molecule has 0 aliphatic rings. The van der Waals surface area contributed by atoms with E-state index in [9.17, 15) is 0 Å². The number of hydrogen-bond donors (Lipinski definition) is 0. The van der Waals surface area contributed by atoms with Crippen molar-refractivity contribution in [3.63, 3.8) is 0 Å². The van der Waals surface area contributed by atoms with Crippen LogP contribution in [0.2, 0.25) is 10.0 Å². The minimum absolute atomic E-state index is 0.429. The Balaban J connectivity index is 1.84. The zero-order chi connectivity index (χ0) is 19.5. The SMILES string of the molecule is COc1ccnc(Sc2nnc(-c3cccnc3)n2-c2ccc(Cl)c(Cl)c2)n1. The van der Waals surface area contributed by atoms with Crippen LogP contribution in [0.1, 0.15) is 0 Å². The number of ether oxygens (including phenoxy) is 1. The fourth-order valence-electron chi connectivity index (χ4n) is 2.44. The number of methoxy groups -OCH3 is 1. The Morgan fingerprint density at radius 3 is 2.68 bits per heavy atom. The molecule has 0 spiro atoms. The fourth-order valence-corrected chi connectivity index (χ4v) is 3.51. The smallest absolute Gasteiger partial charge is 0.217 e. The first-order chi connectivity index (χ1) is 13.7. The van der Waals surface area contributed by atoms with E-state index in [4.69, 9.17) is 27.9 Å². The van der Waals surface area contributed by atoms with Gasteiger partial charge in [-0.3, -0.25) is 9.55 Å². The van der Waals surface area contributed by atoms with Crippen molar-refractivity contribution in [1.82, 2.24) is 29.7 Å². The Morgan fingerprint density at radius 2 is 1.93 bits per heavy atom. The van der Waals surface area contributed by atoms with Crippen molar-refractivity contribution < 1.29 is 4.74 Å². The molecular weight excluding hydrogens is 419 g/mol. The van der Waals surface area contributed by atoms with Gasteiger partial charge in [0, 0.05) is 30.2 Å².